The predicted octanol–water partition coefficient (Wildman–Crippen LogP) is 4.00. The number of rotatable bonds is 8. The summed E-state index contributed by atoms with van der Waals surface area (Å²) in [6, 6.07) is 12.0. The van der Waals surface area contributed by atoms with Gasteiger partial charge in [-0.05, 0) is 49.2 Å². The van der Waals surface area contributed by atoms with E-state index in [1.54, 1.807) is 19.2 Å². The molecule has 0 spiro atoms. The molecule has 3 rings (SSSR count). The number of hydrogen-bond donors (Lipinski definition) is 1. The fourth-order valence-electron chi connectivity index (χ4n) is 3.36. The number of methoxy groups -OCH3 is 1. The molecular formula is C22H26F3NO4. The summed E-state index contributed by atoms with van der Waals surface area (Å²) in [6.45, 7) is 2.13. The molecule has 1 aliphatic heterocycles. The van der Waals surface area contributed by atoms with Gasteiger partial charge in [0, 0.05) is 25.7 Å². The second kappa shape index (κ2) is 10.0. The fourth-order valence-corrected chi connectivity index (χ4v) is 3.36. The van der Waals surface area contributed by atoms with Crippen molar-refractivity contribution < 1.29 is 32.5 Å². The van der Waals surface area contributed by atoms with E-state index >= 15 is 0 Å². The van der Waals surface area contributed by atoms with E-state index in [0.717, 1.165) is 38.1 Å². The number of aliphatic hydroxyl groups is 1. The predicted molar refractivity (Wildman–Crippen MR) is 106 cm³/mol. The highest BCUT2D eigenvalue weighted by Crippen LogP contribution is 2.31. The van der Waals surface area contributed by atoms with E-state index in [1.807, 2.05) is 12.1 Å². The van der Waals surface area contributed by atoms with Crippen molar-refractivity contribution in [1.29, 1.82) is 0 Å². The van der Waals surface area contributed by atoms with Crippen molar-refractivity contribution in [3.05, 3.63) is 54.1 Å². The maximum Gasteiger partial charge on any atom is 0.416 e. The van der Waals surface area contributed by atoms with Crippen LogP contribution in [0.3, 0.4) is 0 Å². The smallest absolute Gasteiger partial charge is 0.416 e. The molecule has 1 atom stereocenters. The summed E-state index contributed by atoms with van der Waals surface area (Å²) in [5, 5.41) is 10.3. The zero-order valence-corrected chi connectivity index (χ0v) is 16.8. The highest BCUT2D eigenvalue weighted by Gasteiger charge is 2.30. The van der Waals surface area contributed by atoms with Gasteiger partial charge in [0.25, 0.3) is 0 Å². The SMILES string of the molecule is COc1cccc(OCC(O)CN2CCC(Oc3ccc(C(F)(F)F)cc3)CC2)c1. The van der Waals surface area contributed by atoms with Crippen molar-refractivity contribution >= 4 is 0 Å². The average Bonchev–Trinajstić information content (AvgIpc) is 2.73. The molecule has 5 nitrogen and oxygen atoms in total. The summed E-state index contributed by atoms with van der Waals surface area (Å²) in [5.41, 5.74) is -0.685. The van der Waals surface area contributed by atoms with Gasteiger partial charge < -0.3 is 24.2 Å². The van der Waals surface area contributed by atoms with Gasteiger partial charge in [0.15, 0.2) is 0 Å². The van der Waals surface area contributed by atoms with Crippen LogP contribution in [-0.2, 0) is 6.18 Å². The van der Waals surface area contributed by atoms with Gasteiger partial charge in [-0.3, -0.25) is 0 Å². The van der Waals surface area contributed by atoms with Crippen LogP contribution >= 0.6 is 0 Å². The summed E-state index contributed by atoms with van der Waals surface area (Å²) < 4.78 is 54.5. The maximum absolute atomic E-state index is 12.6. The Hall–Kier alpha value is -2.45. The molecule has 0 amide bonds. The van der Waals surface area contributed by atoms with E-state index < -0.39 is 17.8 Å². The number of benzene rings is 2. The van der Waals surface area contributed by atoms with Crippen molar-refractivity contribution in [2.45, 2.75) is 31.2 Å². The lowest BCUT2D eigenvalue weighted by Crippen LogP contribution is -2.43. The largest absolute Gasteiger partial charge is 0.497 e. The highest BCUT2D eigenvalue weighted by atomic mass is 19.4. The first-order valence-corrected chi connectivity index (χ1v) is 9.84. The minimum atomic E-state index is -4.35. The quantitative estimate of drug-likeness (QED) is 0.693. The topological polar surface area (TPSA) is 51.2 Å². The summed E-state index contributed by atoms with van der Waals surface area (Å²) in [7, 11) is 1.58. The fraction of sp³-hybridized carbons (Fsp3) is 0.455. The average molecular weight is 425 g/mol. The Bertz CT molecular complexity index is 790. The summed E-state index contributed by atoms with van der Waals surface area (Å²) >= 11 is 0. The zero-order chi connectivity index (χ0) is 21.6. The minimum absolute atomic E-state index is 0.0526. The van der Waals surface area contributed by atoms with E-state index in [-0.39, 0.29) is 12.7 Å². The van der Waals surface area contributed by atoms with Crippen LogP contribution in [0.1, 0.15) is 18.4 Å². The zero-order valence-electron chi connectivity index (χ0n) is 16.8. The third-order valence-corrected chi connectivity index (χ3v) is 4.97. The number of alkyl halides is 3. The van der Waals surface area contributed by atoms with Gasteiger partial charge in [0.2, 0.25) is 0 Å². The third-order valence-electron chi connectivity index (χ3n) is 4.97. The van der Waals surface area contributed by atoms with Gasteiger partial charge in [-0.1, -0.05) is 6.07 Å². The van der Waals surface area contributed by atoms with Crippen molar-refractivity contribution in [3.63, 3.8) is 0 Å². The second-order valence-electron chi connectivity index (χ2n) is 7.28. The number of halogens is 3. The molecule has 2 aromatic rings. The Morgan fingerprint density at radius 2 is 1.70 bits per heavy atom. The van der Waals surface area contributed by atoms with Crippen molar-refractivity contribution in [3.8, 4) is 17.2 Å². The van der Waals surface area contributed by atoms with E-state index in [1.165, 1.54) is 12.1 Å². The first kappa shape index (κ1) is 22.2. The Labute approximate surface area is 174 Å². The van der Waals surface area contributed by atoms with Crippen LogP contribution in [0.2, 0.25) is 0 Å². The first-order chi connectivity index (χ1) is 14.3. The number of hydrogen-bond acceptors (Lipinski definition) is 5. The molecule has 1 N–H and O–H groups in total. The molecule has 0 aromatic heterocycles. The number of ether oxygens (including phenoxy) is 3. The van der Waals surface area contributed by atoms with Crippen LogP contribution in [0.5, 0.6) is 17.2 Å². The number of likely N-dealkylation sites (tertiary alicyclic amines) is 1. The summed E-state index contributed by atoms with van der Waals surface area (Å²) in [5.74, 6) is 1.77. The monoisotopic (exact) mass is 425 g/mol. The molecule has 1 heterocycles. The van der Waals surface area contributed by atoms with Crippen molar-refractivity contribution in [1.82, 2.24) is 4.90 Å². The van der Waals surface area contributed by atoms with Gasteiger partial charge in [0.1, 0.15) is 36.1 Å². The Morgan fingerprint density at radius 3 is 2.33 bits per heavy atom. The minimum Gasteiger partial charge on any atom is -0.497 e. The van der Waals surface area contributed by atoms with E-state index in [4.69, 9.17) is 14.2 Å². The lowest BCUT2D eigenvalue weighted by molar-refractivity contribution is -0.137. The van der Waals surface area contributed by atoms with Gasteiger partial charge in [-0.2, -0.15) is 13.2 Å². The number of aliphatic hydroxyl groups excluding tert-OH is 1. The highest BCUT2D eigenvalue weighted by molar-refractivity contribution is 5.32. The van der Waals surface area contributed by atoms with Gasteiger partial charge in [-0.25, -0.2) is 0 Å². The molecule has 1 saturated heterocycles. The number of β-amino-alcohol motifs (C(OH)–C–C–N with tert-alkyl or cyclic N) is 1. The first-order valence-electron chi connectivity index (χ1n) is 9.84. The summed E-state index contributed by atoms with van der Waals surface area (Å²) in [6.07, 6.45) is -3.55. The number of piperidine rings is 1. The van der Waals surface area contributed by atoms with Crippen LogP contribution < -0.4 is 14.2 Å². The molecule has 0 radical (unpaired) electrons. The second-order valence-corrected chi connectivity index (χ2v) is 7.28. The molecule has 30 heavy (non-hydrogen) atoms. The molecule has 1 unspecified atom stereocenters. The Balaban J connectivity index is 1.38. The van der Waals surface area contributed by atoms with Crippen LogP contribution in [0.15, 0.2) is 48.5 Å². The van der Waals surface area contributed by atoms with E-state index in [9.17, 15) is 18.3 Å². The van der Waals surface area contributed by atoms with Crippen LogP contribution in [0.4, 0.5) is 13.2 Å². The maximum atomic E-state index is 12.6. The molecule has 1 fully saturated rings. The molecule has 2 aromatic carbocycles. The third kappa shape index (κ3) is 6.53. The van der Waals surface area contributed by atoms with Crippen LogP contribution in [0.25, 0.3) is 0 Å². The Morgan fingerprint density at radius 1 is 1.03 bits per heavy atom. The van der Waals surface area contributed by atoms with Crippen molar-refractivity contribution in [2.75, 3.05) is 33.4 Å². The molecule has 1 aliphatic rings. The van der Waals surface area contributed by atoms with E-state index in [2.05, 4.69) is 4.90 Å². The molecule has 0 saturated carbocycles. The lowest BCUT2D eigenvalue weighted by atomic mass is 10.1. The summed E-state index contributed by atoms with van der Waals surface area (Å²) in [4.78, 5) is 2.13. The van der Waals surface area contributed by atoms with Gasteiger partial charge >= 0.3 is 6.18 Å². The van der Waals surface area contributed by atoms with Crippen LogP contribution in [0, 0.1) is 0 Å². The molecule has 8 heteroatoms. The van der Waals surface area contributed by atoms with Crippen molar-refractivity contribution in [2.24, 2.45) is 0 Å². The number of nitrogens with zero attached hydrogens (tertiary/aromatic N) is 1. The van der Waals surface area contributed by atoms with Gasteiger partial charge in [0.05, 0.1) is 12.7 Å². The standard InChI is InChI=1S/C22H26F3NO4/c1-28-20-3-2-4-21(13-20)29-15-17(27)14-26-11-9-19(10-12-26)30-18-7-5-16(6-8-18)22(23,24)25/h2-8,13,17,19,27H,9-12,14-15H2,1H3. The lowest BCUT2D eigenvalue weighted by Gasteiger charge is -2.33. The molecule has 0 bridgehead atoms. The molecule has 0 aliphatic carbocycles. The molecular weight excluding hydrogens is 399 g/mol. The normalized spacial score (nSPS) is 16.8. The van der Waals surface area contributed by atoms with Crippen LogP contribution in [-0.4, -0.2) is 55.6 Å². The van der Waals surface area contributed by atoms with Gasteiger partial charge in [-0.15, -0.1) is 0 Å². The molecule has 164 valence electrons. The van der Waals surface area contributed by atoms with E-state index in [0.29, 0.717) is 23.8 Å². The Kier molecular flexibility index (Phi) is 7.44.